The van der Waals surface area contributed by atoms with Crippen LogP contribution in [-0.4, -0.2) is 38.3 Å². The molecule has 0 atom stereocenters. The fraction of sp³-hybridized carbons (Fsp3) is 0.538. The standard InChI is InChI=1S/C13H18ClNO3S/c1-15(11-3-4-11)19(16,17)13-7-5-12(6-8-13)18-10-2-9-14/h5-8,11H,2-4,9-10H2,1H3. The lowest BCUT2D eigenvalue weighted by Crippen LogP contribution is -2.28. The number of sulfonamides is 1. The van der Waals surface area contributed by atoms with Crippen molar-refractivity contribution in [2.75, 3.05) is 19.5 Å². The molecule has 1 saturated carbocycles. The Morgan fingerprint density at radius 2 is 1.95 bits per heavy atom. The Kier molecular flexibility index (Phi) is 4.71. The monoisotopic (exact) mass is 303 g/mol. The lowest BCUT2D eigenvalue weighted by Gasteiger charge is -2.16. The fourth-order valence-corrected chi connectivity index (χ4v) is 3.28. The van der Waals surface area contributed by atoms with Crippen molar-refractivity contribution < 1.29 is 13.2 Å². The zero-order valence-electron chi connectivity index (χ0n) is 10.9. The molecule has 4 nitrogen and oxygen atoms in total. The van der Waals surface area contributed by atoms with Gasteiger partial charge in [-0.2, -0.15) is 4.31 Å². The van der Waals surface area contributed by atoms with Crippen LogP contribution in [0.2, 0.25) is 0 Å². The van der Waals surface area contributed by atoms with Crippen molar-refractivity contribution in [1.82, 2.24) is 4.31 Å². The summed E-state index contributed by atoms with van der Waals surface area (Å²) in [6.07, 6.45) is 2.68. The van der Waals surface area contributed by atoms with Gasteiger partial charge in [0.2, 0.25) is 10.0 Å². The molecule has 0 spiro atoms. The minimum absolute atomic E-state index is 0.171. The summed E-state index contributed by atoms with van der Waals surface area (Å²) in [4.78, 5) is 0.312. The molecule has 0 bridgehead atoms. The first-order valence-electron chi connectivity index (χ1n) is 6.32. The molecular weight excluding hydrogens is 286 g/mol. The van der Waals surface area contributed by atoms with Gasteiger partial charge in [0.1, 0.15) is 5.75 Å². The Bertz CT molecular complexity index is 511. The van der Waals surface area contributed by atoms with Crippen LogP contribution in [-0.2, 0) is 10.0 Å². The van der Waals surface area contributed by atoms with Crippen molar-refractivity contribution in [2.45, 2.75) is 30.2 Å². The number of benzene rings is 1. The van der Waals surface area contributed by atoms with Crippen molar-refractivity contribution >= 4 is 21.6 Å². The predicted molar refractivity (Wildman–Crippen MR) is 75.2 cm³/mol. The Hall–Kier alpha value is -0.780. The van der Waals surface area contributed by atoms with Crippen molar-refractivity contribution in [3.8, 4) is 5.75 Å². The van der Waals surface area contributed by atoms with Gasteiger partial charge in [-0.15, -0.1) is 11.6 Å². The maximum absolute atomic E-state index is 12.3. The Labute approximate surface area is 119 Å². The Morgan fingerprint density at radius 1 is 1.32 bits per heavy atom. The summed E-state index contributed by atoms with van der Waals surface area (Å²) in [6.45, 7) is 0.539. The number of ether oxygens (including phenoxy) is 1. The van der Waals surface area contributed by atoms with Crippen LogP contribution < -0.4 is 4.74 Å². The van der Waals surface area contributed by atoms with Gasteiger partial charge in [-0.1, -0.05) is 0 Å². The highest BCUT2D eigenvalue weighted by molar-refractivity contribution is 7.89. The molecule has 0 radical (unpaired) electrons. The summed E-state index contributed by atoms with van der Waals surface area (Å²) in [5.74, 6) is 1.22. The Balaban J connectivity index is 2.04. The average molecular weight is 304 g/mol. The van der Waals surface area contributed by atoms with E-state index in [4.69, 9.17) is 16.3 Å². The van der Waals surface area contributed by atoms with E-state index in [2.05, 4.69) is 0 Å². The van der Waals surface area contributed by atoms with Crippen molar-refractivity contribution in [2.24, 2.45) is 0 Å². The quantitative estimate of drug-likeness (QED) is 0.574. The third kappa shape index (κ3) is 3.61. The zero-order valence-corrected chi connectivity index (χ0v) is 12.5. The van der Waals surface area contributed by atoms with Crippen molar-refractivity contribution in [1.29, 1.82) is 0 Å². The van der Waals surface area contributed by atoms with Gasteiger partial charge in [0.25, 0.3) is 0 Å². The van der Waals surface area contributed by atoms with Gasteiger partial charge in [-0.25, -0.2) is 8.42 Å². The predicted octanol–water partition coefficient (Wildman–Crippen LogP) is 2.48. The number of halogens is 1. The molecule has 106 valence electrons. The minimum atomic E-state index is -3.36. The van der Waals surface area contributed by atoms with Gasteiger partial charge in [-0.3, -0.25) is 0 Å². The van der Waals surface area contributed by atoms with Crippen LogP contribution in [0.15, 0.2) is 29.2 Å². The van der Waals surface area contributed by atoms with Crippen LogP contribution >= 0.6 is 11.6 Å². The highest BCUT2D eigenvalue weighted by Gasteiger charge is 2.34. The molecule has 1 aromatic rings. The second-order valence-electron chi connectivity index (χ2n) is 4.61. The molecule has 0 heterocycles. The normalized spacial score (nSPS) is 15.7. The molecule has 1 aliphatic rings. The van der Waals surface area contributed by atoms with E-state index in [0.717, 1.165) is 19.3 Å². The first-order chi connectivity index (χ1) is 9.05. The van der Waals surface area contributed by atoms with Gasteiger partial charge >= 0.3 is 0 Å². The van der Waals surface area contributed by atoms with Gasteiger partial charge in [0, 0.05) is 19.0 Å². The summed E-state index contributed by atoms with van der Waals surface area (Å²) < 4.78 is 31.4. The summed E-state index contributed by atoms with van der Waals surface area (Å²) >= 11 is 5.56. The van der Waals surface area contributed by atoms with Gasteiger partial charge in [-0.05, 0) is 43.5 Å². The molecule has 1 aliphatic carbocycles. The van der Waals surface area contributed by atoms with E-state index in [9.17, 15) is 8.42 Å². The molecule has 1 aromatic carbocycles. The molecule has 2 rings (SSSR count). The molecule has 19 heavy (non-hydrogen) atoms. The van der Waals surface area contributed by atoms with E-state index < -0.39 is 10.0 Å². The second kappa shape index (κ2) is 6.11. The lowest BCUT2D eigenvalue weighted by atomic mass is 10.3. The zero-order chi connectivity index (χ0) is 13.9. The smallest absolute Gasteiger partial charge is 0.243 e. The first-order valence-corrected chi connectivity index (χ1v) is 8.30. The summed E-state index contributed by atoms with van der Waals surface area (Å²) in [7, 11) is -1.72. The van der Waals surface area contributed by atoms with Gasteiger partial charge < -0.3 is 4.74 Å². The third-order valence-electron chi connectivity index (χ3n) is 3.11. The van der Waals surface area contributed by atoms with Gasteiger partial charge in [0.15, 0.2) is 0 Å². The van der Waals surface area contributed by atoms with Gasteiger partial charge in [0.05, 0.1) is 11.5 Å². The topological polar surface area (TPSA) is 46.6 Å². The maximum Gasteiger partial charge on any atom is 0.243 e. The summed E-state index contributed by atoms with van der Waals surface area (Å²) in [6, 6.07) is 6.71. The largest absolute Gasteiger partial charge is 0.494 e. The number of alkyl halides is 1. The Morgan fingerprint density at radius 3 is 2.47 bits per heavy atom. The maximum atomic E-state index is 12.3. The molecule has 0 saturated heterocycles. The molecular formula is C13H18ClNO3S. The number of hydrogen-bond donors (Lipinski definition) is 0. The van der Waals surface area contributed by atoms with Crippen molar-refractivity contribution in [3.05, 3.63) is 24.3 Å². The van der Waals surface area contributed by atoms with E-state index in [0.29, 0.717) is 23.1 Å². The minimum Gasteiger partial charge on any atom is -0.494 e. The first kappa shape index (κ1) is 14.6. The van der Waals surface area contributed by atoms with E-state index in [-0.39, 0.29) is 6.04 Å². The highest BCUT2D eigenvalue weighted by Crippen LogP contribution is 2.30. The van der Waals surface area contributed by atoms with Crippen LogP contribution in [0.4, 0.5) is 0 Å². The summed E-state index contributed by atoms with van der Waals surface area (Å²) in [5.41, 5.74) is 0. The SMILES string of the molecule is CN(C1CC1)S(=O)(=O)c1ccc(OCCCCl)cc1. The number of nitrogens with zero attached hydrogens (tertiary/aromatic N) is 1. The van der Waals surface area contributed by atoms with Crippen LogP contribution in [0.5, 0.6) is 5.75 Å². The number of hydrogen-bond acceptors (Lipinski definition) is 3. The van der Waals surface area contributed by atoms with Crippen LogP contribution in [0, 0.1) is 0 Å². The fourth-order valence-electron chi connectivity index (χ4n) is 1.75. The van der Waals surface area contributed by atoms with E-state index in [1.807, 2.05) is 0 Å². The van der Waals surface area contributed by atoms with Crippen LogP contribution in [0.1, 0.15) is 19.3 Å². The van der Waals surface area contributed by atoms with E-state index >= 15 is 0 Å². The summed E-state index contributed by atoms with van der Waals surface area (Å²) in [5, 5.41) is 0. The second-order valence-corrected chi connectivity index (χ2v) is 6.99. The molecule has 6 heteroatoms. The van der Waals surface area contributed by atoms with E-state index in [1.165, 1.54) is 4.31 Å². The van der Waals surface area contributed by atoms with Crippen molar-refractivity contribution in [3.63, 3.8) is 0 Å². The van der Waals surface area contributed by atoms with E-state index in [1.54, 1.807) is 31.3 Å². The highest BCUT2D eigenvalue weighted by atomic mass is 35.5. The van der Waals surface area contributed by atoms with Crippen LogP contribution in [0.25, 0.3) is 0 Å². The molecule has 0 unspecified atom stereocenters. The molecule has 0 N–H and O–H groups in total. The average Bonchev–Trinajstić information content (AvgIpc) is 3.23. The molecule has 1 fully saturated rings. The third-order valence-corrected chi connectivity index (χ3v) is 5.30. The number of rotatable bonds is 7. The molecule has 0 aliphatic heterocycles. The molecule has 0 amide bonds. The lowest BCUT2D eigenvalue weighted by molar-refractivity contribution is 0.318. The van der Waals surface area contributed by atoms with Crippen LogP contribution in [0.3, 0.4) is 0 Å². The molecule has 0 aromatic heterocycles.